The van der Waals surface area contributed by atoms with Crippen molar-refractivity contribution in [2.24, 2.45) is 0 Å². The van der Waals surface area contributed by atoms with Gasteiger partial charge in [0, 0.05) is 24.8 Å². The molecule has 1 aliphatic heterocycles. The number of carboxylic acids is 1. The standard InChI is InChI=1S/C20H19N3O2/c24-20(25)19-10-16-6-4-5-7-17(16)14-22(19)12-15-11-21-23(13-15)18-8-2-1-3-9-18/h1-9,11,13,19H,10,12,14H2,(H,24,25)/t19-/m1/s1. The molecular weight excluding hydrogens is 314 g/mol. The van der Waals surface area contributed by atoms with Crippen molar-refractivity contribution in [3.05, 3.63) is 83.7 Å². The van der Waals surface area contributed by atoms with Crippen LogP contribution in [0.25, 0.3) is 5.69 Å². The summed E-state index contributed by atoms with van der Waals surface area (Å²) in [6.07, 6.45) is 4.32. The molecule has 1 N–H and O–H groups in total. The molecule has 1 aliphatic rings. The summed E-state index contributed by atoms with van der Waals surface area (Å²) in [7, 11) is 0. The van der Waals surface area contributed by atoms with Gasteiger partial charge < -0.3 is 5.11 Å². The van der Waals surface area contributed by atoms with Crippen molar-refractivity contribution in [3.63, 3.8) is 0 Å². The fraction of sp³-hybridized carbons (Fsp3) is 0.200. The monoisotopic (exact) mass is 333 g/mol. The van der Waals surface area contributed by atoms with Crippen molar-refractivity contribution in [1.29, 1.82) is 0 Å². The zero-order valence-corrected chi connectivity index (χ0v) is 13.7. The molecule has 1 aromatic heterocycles. The van der Waals surface area contributed by atoms with Crippen LogP contribution in [0.15, 0.2) is 67.0 Å². The lowest BCUT2D eigenvalue weighted by molar-refractivity contribution is -0.144. The Morgan fingerprint density at radius 3 is 2.56 bits per heavy atom. The summed E-state index contributed by atoms with van der Waals surface area (Å²) in [5.41, 5.74) is 4.34. The van der Waals surface area contributed by atoms with Crippen LogP contribution in [0.5, 0.6) is 0 Å². The first kappa shape index (κ1) is 15.6. The van der Waals surface area contributed by atoms with E-state index in [1.54, 1.807) is 0 Å². The Morgan fingerprint density at radius 1 is 1.08 bits per heavy atom. The molecule has 0 radical (unpaired) electrons. The lowest BCUT2D eigenvalue weighted by Gasteiger charge is -2.34. The number of aromatic nitrogens is 2. The molecule has 0 saturated heterocycles. The van der Waals surface area contributed by atoms with Crippen LogP contribution >= 0.6 is 0 Å². The van der Waals surface area contributed by atoms with Crippen LogP contribution in [0.3, 0.4) is 0 Å². The number of hydrogen-bond donors (Lipinski definition) is 1. The van der Waals surface area contributed by atoms with E-state index in [2.05, 4.69) is 11.2 Å². The quantitative estimate of drug-likeness (QED) is 0.798. The first-order chi connectivity index (χ1) is 12.2. The number of para-hydroxylation sites is 1. The summed E-state index contributed by atoms with van der Waals surface area (Å²) >= 11 is 0. The average Bonchev–Trinajstić information content (AvgIpc) is 3.10. The van der Waals surface area contributed by atoms with Crippen LogP contribution in [-0.4, -0.2) is 31.8 Å². The first-order valence-electron chi connectivity index (χ1n) is 8.33. The van der Waals surface area contributed by atoms with Gasteiger partial charge in [-0.15, -0.1) is 0 Å². The van der Waals surface area contributed by atoms with Crippen LogP contribution in [0.2, 0.25) is 0 Å². The topological polar surface area (TPSA) is 58.4 Å². The summed E-state index contributed by atoms with van der Waals surface area (Å²) < 4.78 is 1.82. The number of aliphatic carboxylic acids is 1. The predicted molar refractivity (Wildman–Crippen MR) is 94.4 cm³/mol. The summed E-state index contributed by atoms with van der Waals surface area (Å²) in [6.45, 7) is 1.21. The zero-order chi connectivity index (χ0) is 17.2. The minimum Gasteiger partial charge on any atom is -0.480 e. The van der Waals surface area contributed by atoms with Gasteiger partial charge in [0.15, 0.2) is 0 Å². The van der Waals surface area contributed by atoms with Crippen molar-refractivity contribution < 1.29 is 9.90 Å². The van der Waals surface area contributed by atoms with E-state index in [0.717, 1.165) is 16.8 Å². The Labute approximate surface area is 146 Å². The second-order valence-electron chi connectivity index (χ2n) is 6.36. The molecule has 25 heavy (non-hydrogen) atoms. The molecule has 0 fully saturated rings. The summed E-state index contributed by atoms with van der Waals surface area (Å²) in [4.78, 5) is 13.7. The molecule has 2 heterocycles. The molecule has 5 heteroatoms. The van der Waals surface area contributed by atoms with E-state index in [0.29, 0.717) is 19.5 Å². The summed E-state index contributed by atoms with van der Waals surface area (Å²) in [6, 6.07) is 17.5. The van der Waals surface area contributed by atoms with E-state index in [1.165, 1.54) is 5.56 Å². The molecule has 0 saturated carbocycles. The maximum absolute atomic E-state index is 11.7. The highest BCUT2D eigenvalue weighted by molar-refractivity contribution is 5.74. The highest BCUT2D eigenvalue weighted by Crippen LogP contribution is 2.25. The number of carbonyl (C=O) groups is 1. The minimum atomic E-state index is -0.773. The Balaban J connectivity index is 1.57. The van der Waals surface area contributed by atoms with Gasteiger partial charge in [0.05, 0.1) is 11.9 Å². The second kappa shape index (κ2) is 6.53. The Bertz CT molecular complexity index is 889. The van der Waals surface area contributed by atoms with E-state index in [9.17, 15) is 9.90 Å². The minimum absolute atomic E-state index is 0.505. The van der Waals surface area contributed by atoms with Gasteiger partial charge in [-0.1, -0.05) is 42.5 Å². The summed E-state index contributed by atoms with van der Waals surface area (Å²) in [5.74, 6) is -0.773. The molecule has 0 amide bonds. The number of nitrogens with zero attached hydrogens (tertiary/aromatic N) is 3. The van der Waals surface area contributed by atoms with Gasteiger partial charge >= 0.3 is 5.97 Å². The maximum Gasteiger partial charge on any atom is 0.321 e. The molecule has 126 valence electrons. The van der Waals surface area contributed by atoms with Gasteiger partial charge in [-0.3, -0.25) is 9.69 Å². The molecular formula is C20H19N3O2. The van der Waals surface area contributed by atoms with Gasteiger partial charge in [-0.2, -0.15) is 5.10 Å². The summed E-state index contributed by atoms with van der Waals surface area (Å²) in [5, 5.41) is 14.0. The zero-order valence-electron chi connectivity index (χ0n) is 13.7. The fourth-order valence-electron chi connectivity index (χ4n) is 3.39. The number of fused-ring (bicyclic) bond motifs is 1. The van der Waals surface area contributed by atoms with E-state index >= 15 is 0 Å². The normalized spacial score (nSPS) is 17.2. The fourth-order valence-corrected chi connectivity index (χ4v) is 3.39. The lowest BCUT2D eigenvalue weighted by atomic mass is 9.94. The van der Waals surface area contributed by atoms with E-state index in [1.807, 2.05) is 70.5 Å². The second-order valence-corrected chi connectivity index (χ2v) is 6.36. The highest BCUT2D eigenvalue weighted by Gasteiger charge is 2.31. The lowest BCUT2D eigenvalue weighted by Crippen LogP contribution is -2.44. The molecule has 4 rings (SSSR count). The molecule has 1 atom stereocenters. The Hall–Kier alpha value is -2.92. The van der Waals surface area contributed by atoms with Crippen LogP contribution in [-0.2, 0) is 24.3 Å². The molecule has 0 bridgehead atoms. The third kappa shape index (κ3) is 3.19. The maximum atomic E-state index is 11.7. The Kier molecular flexibility index (Phi) is 4.07. The highest BCUT2D eigenvalue weighted by atomic mass is 16.4. The van der Waals surface area contributed by atoms with E-state index < -0.39 is 12.0 Å². The van der Waals surface area contributed by atoms with Gasteiger partial charge in [-0.05, 0) is 29.7 Å². The molecule has 2 aromatic carbocycles. The molecule has 0 unspecified atom stereocenters. The van der Waals surface area contributed by atoms with Crippen LogP contribution in [0.4, 0.5) is 0 Å². The number of hydrogen-bond acceptors (Lipinski definition) is 3. The van der Waals surface area contributed by atoms with Crippen molar-refractivity contribution in [2.45, 2.75) is 25.6 Å². The van der Waals surface area contributed by atoms with Gasteiger partial charge in [-0.25, -0.2) is 4.68 Å². The number of carboxylic acid groups (broad SMARTS) is 1. The number of benzene rings is 2. The van der Waals surface area contributed by atoms with Crippen molar-refractivity contribution >= 4 is 5.97 Å². The van der Waals surface area contributed by atoms with Gasteiger partial charge in [0.1, 0.15) is 6.04 Å². The third-order valence-electron chi connectivity index (χ3n) is 4.67. The van der Waals surface area contributed by atoms with Crippen LogP contribution in [0.1, 0.15) is 16.7 Å². The smallest absolute Gasteiger partial charge is 0.321 e. The van der Waals surface area contributed by atoms with Crippen molar-refractivity contribution in [1.82, 2.24) is 14.7 Å². The number of rotatable bonds is 4. The third-order valence-corrected chi connectivity index (χ3v) is 4.67. The largest absolute Gasteiger partial charge is 0.480 e. The molecule has 3 aromatic rings. The molecule has 0 aliphatic carbocycles. The Morgan fingerprint density at radius 2 is 1.80 bits per heavy atom. The molecule has 5 nitrogen and oxygen atoms in total. The van der Waals surface area contributed by atoms with Crippen LogP contribution in [0, 0.1) is 0 Å². The first-order valence-corrected chi connectivity index (χ1v) is 8.33. The van der Waals surface area contributed by atoms with Gasteiger partial charge in [0.25, 0.3) is 0 Å². The molecule has 0 spiro atoms. The van der Waals surface area contributed by atoms with E-state index in [-0.39, 0.29) is 0 Å². The average molecular weight is 333 g/mol. The SMILES string of the molecule is O=C(O)[C@H]1Cc2ccccc2CN1Cc1cnn(-c2ccccc2)c1. The van der Waals surface area contributed by atoms with E-state index in [4.69, 9.17) is 0 Å². The predicted octanol–water partition coefficient (Wildman–Crippen LogP) is 2.88. The van der Waals surface area contributed by atoms with Gasteiger partial charge in [0.2, 0.25) is 0 Å². The van der Waals surface area contributed by atoms with Crippen molar-refractivity contribution in [3.8, 4) is 5.69 Å². The van der Waals surface area contributed by atoms with Crippen molar-refractivity contribution in [2.75, 3.05) is 0 Å². The van der Waals surface area contributed by atoms with Crippen LogP contribution < -0.4 is 0 Å².